The van der Waals surface area contributed by atoms with Crippen LogP contribution in [-0.2, 0) is 4.79 Å². The molecule has 3 heterocycles. The second-order valence-electron chi connectivity index (χ2n) is 7.15. The highest BCUT2D eigenvalue weighted by atomic mass is 32.1. The fourth-order valence-corrected chi connectivity index (χ4v) is 4.49. The molecular weight excluding hydrogens is 367 g/mol. The van der Waals surface area contributed by atoms with Gasteiger partial charge in [0.2, 0.25) is 5.91 Å². The van der Waals surface area contributed by atoms with E-state index in [9.17, 15) is 14.0 Å². The lowest BCUT2D eigenvalue weighted by Gasteiger charge is -2.46. The van der Waals surface area contributed by atoms with Gasteiger partial charge in [-0.15, -0.1) is 0 Å². The first-order valence-electron chi connectivity index (χ1n) is 8.82. The van der Waals surface area contributed by atoms with Gasteiger partial charge in [-0.25, -0.2) is 9.18 Å². The minimum absolute atomic E-state index is 0.0733. The predicted octanol–water partition coefficient (Wildman–Crippen LogP) is 2.84. The van der Waals surface area contributed by atoms with Gasteiger partial charge in [-0.1, -0.05) is 6.07 Å². The van der Waals surface area contributed by atoms with E-state index in [-0.39, 0.29) is 23.3 Å². The number of piperazine rings is 1. The topological polar surface area (TPSA) is 55.9 Å². The van der Waals surface area contributed by atoms with Gasteiger partial charge in [-0.05, 0) is 43.1 Å². The Morgan fingerprint density at radius 1 is 1.30 bits per heavy atom. The normalized spacial score (nSPS) is 23.3. The first kappa shape index (κ1) is 17.9. The third kappa shape index (κ3) is 3.42. The molecule has 6 nitrogen and oxygen atoms in total. The Labute approximate surface area is 161 Å². The first-order chi connectivity index (χ1) is 13.0. The van der Waals surface area contributed by atoms with Crippen LogP contribution < -0.4 is 10.2 Å². The van der Waals surface area contributed by atoms with Gasteiger partial charge in [0.05, 0.1) is 17.8 Å². The van der Waals surface area contributed by atoms with E-state index in [1.807, 2.05) is 28.8 Å². The van der Waals surface area contributed by atoms with E-state index in [1.54, 1.807) is 28.4 Å². The van der Waals surface area contributed by atoms with E-state index < -0.39 is 0 Å². The number of hydrogen-bond donors (Lipinski definition) is 1. The van der Waals surface area contributed by atoms with E-state index in [1.165, 1.54) is 12.1 Å². The SMILES string of the molecule is CN1CC(=O)N(c2ccsc2)CC12CCN(C(=O)Nc1cccc(F)c1)C2. The predicted molar refractivity (Wildman–Crippen MR) is 104 cm³/mol. The third-order valence-corrected chi connectivity index (χ3v) is 6.12. The summed E-state index contributed by atoms with van der Waals surface area (Å²) < 4.78 is 13.3. The number of likely N-dealkylation sites (N-methyl/N-ethyl adjacent to an activating group) is 1. The molecule has 2 aromatic rings. The number of benzene rings is 1. The molecule has 1 N–H and O–H groups in total. The molecule has 2 saturated heterocycles. The molecule has 8 heteroatoms. The number of amides is 3. The van der Waals surface area contributed by atoms with Gasteiger partial charge >= 0.3 is 6.03 Å². The molecule has 1 spiro atoms. The molecule has 2 aliphatic rings. The molecule has 0 radical (unpaired) electrons. The van der Waals surface area contributed by atoms with Crippen molar-refractivity contribution >= 4 is 34.6 Å². The van der Waals surface area contributed by atoms with Crippen LogP contribution in [0.2, 0.25) is 0 Å². The minimum atomic E-state index is -0.386. The van der Waals surface area contributed by atoms with Crippen LogP contribution in [0.1, 0.15) is 6.42 Å². The Kier molecular flexibility index (Phi) is 4.61. The molecule has 2 fully saturated rings. The fraction of sp³-hybridized carbons (Fsp3) is 0.368. The van der Waals surface area contributed by atoms with E-state index in [4.69, 9.17) is 0 Å². The van der Waals surface area contributed by atoms with Crippen molar-refractivity contribution in [2.45, 2.75) is 12.0 Å². The van der Waals surface area contributed by atoms with Crippen molar-refractivity contribution in [1.29, 1.82) is 0 Å². The third-order valence-electron chi connectivity index (χ3n) is 5.45. The number of anilines is 2. The summed E-state index contributed by atoms with van der Waals surface area (Å²) in [7, 11) is 1.94. The highest BCUT2D eigenvalue weighted by molar-refractivity contribution is 7.08. The molecule has 1 unspecified atom stereocenters. The number of hydrogen-bond acceptors (Lipinski definition) is 4. The zero-order valence-electron chi connectivity index (χ0n) is 15.0. The Balaban J connectivity index is 1.48. The molecule has 3 amide bonds. The fourth-order valence-electron chi connectivity index (χ4n) is 3.84. The van der Waals surface area contributed by atoms with Crippen molar-refractivity contribution in [3.63, 3.8) is 0 Å². The minimum Gasteiger partial charge on any atom is -0.323 e. The number of thiophene rings is 1. The van der Waals surface area contributed by atoms with Crippen LogP contribution in [0.3, 0.4) is 0 Å². The van der Waals surface area contributed by atoms with Crippen molar-refractivity contribution in [3.8, 4) is 0 Å². The first-order valence-corrected chi connectivity index (χ1v) is 9.76. The van der Waals surface area contributed by atoms with Gasteiger partial charge in [0.25, 0.3) is 0 Å². The van der Waals surface area contributed by atoms with Crippen molar-refractivity contribution < 1.29 is 14.0 Å². The van der Waals surface area contributed by atoms with E-state index >= 15 is 0 Å². The van der Waals surface area contributed by atoms with Crippen molar-refractivity contribution in [2.24, 2.45) is 0 Å². The van der Waals surface area contributed by atoms with E-state index in [0.29, 0.717) is 31.9 Å². The number of urea groups is 1. The maximum Gasteiger partial charge on any atom is 0.321 e. The van der Waals surface area contributed by atoms with Crippen LogP contribution in [0.5, 0.6) is 0 Å². The van der Waals surface area contributed by atoms with Crippen LogP contribution in [0, 0.1) is 5.82 Å². The van der Waals surface area contributed by atoms with Crippen LogP contribution >= 0.6 is 11.3 Å². The standard InChI is InChI=1S/C19H21FN4O2S/c1-22-10-17(25)24(16-5-8-27-11-16)13-19(22)6-7-23(12-19)18(26)21-15-4-2-3-14(20)9-15/h2-5,8-9,11H,6-7,10,12-13H2,1H3,(H,21,26). The molecule has 0 bridgehead atoms. The molecule has 2 aliphatic heterocycles. The number of halogens is 1. The Morgan fingerprint density at radius 3 is 2.89 bits per heavy atom. The lowest BCUT2D eigenvalue weighted by Crippen LogP contribution is -2.64. The van der Waals surface area contributed by atoms with Gasteiger partial charge < -0.3 is 15.1 Å². The number of rotatable bonds is 2. The zero-order valence-corrected chi connectivity index (χ0v) is 15.8. The highest BCUT2D eigenvalue weighted by Gasteiger charge is 2.48. The second kappa shape index (κ2) is 6.94. The highest BCUT2D eigenvalue weighted by Crippen LogP contribution is 2.34. The molecule has 142 valence electrons. The van der Waals surface area contributed by atoms with E-state index in [2.05, 4.69) is 10.2 Å². The average molecular weight is 388 g/mol. The lowest BCUT2D eigenvalue weighted by atomic mass is 9.93. The van der Waals surface area contributed by atoms with Gasteiger partial charge in [-0.3, -0.25) is 9.69 Å². The summed E-state index contributed by atoms with van der Waals surface area (Å²) >= 11 is 1.56. The van der Waals surface area contributed by atoms with Crippen molar-refractivity contribution in [3.05, 3.63) is 46.9 Å². The van der Waals surface area contributed by atoms with Gasteiger partial charge in [0.15, 0.2) is 0 Å². The number of nitrogens with zero attached hydrogens (tertiary/aromatic N) is 3. The van der Waals surface area contributed by atoms with Crippen molar-refractivity contribution in [2.75, 3.05) is 43.4 Å². The Hall–Kier alpha value is -2.45. The van der Waals surface area contributed by atoms with Crippen molar-refractivity contribution in [1.82, 2.24) is 9.80 Å². The second-order valence-corrected chi connectivity index (χ2v) is 7.93. The van der Waals surface area contributed by atoms with Gasteiger partial charge in [0, 0.05) is 30.7 Å². The smallest absolute Gasteiger partial charge is 0.321 e. The molecule has 1 atom stereocenters. The van der Waals surface area contributed by atoms with Crippen LogP contribution in [0.25, 0.3) is 0 Å². The molecule has 1 aromatic carbocycles. The molecule has 1 aromatic heterocycles. The number of carbonyl (C=O) groups excluding carboxylic acids is 2. The molecular formula is C19H21FN4O2S. The summed E-state index contributed by atoms with van der Waals surface area (Å²) in [4.78, 5) is 30.7. The van der Waals surface area contributed by atoms with Gasteiger partial charge in [0.1, 0.15) is 5.82 Å². The zero-order chi connectivity index (χ0) is 19.0. The summed E-state index contributed by atoms with van der Waals surface area (Å²) in [5.74, 6) is -0.313. The van der Waals surface area contributed by atoms with E-state index in [0.717, 1.165) is 12.1 Å². The number of likely N-dealkylation sites (tertiary alicyclic amines) is 1. The summed E-state index contributed by atoms with van der Waals surface area (Å²) in [5, 5.41) is 6.69. The molecule has 0 aliphatic carbocycles. The monoisotopic (exact) mass is 388 g/mol. The van der Waals surface area contributed by atoms with Crippen LogP contribution in [0.15, 0.2) is 41.1 Å². The molecule has 4 rings (SSSR count). The maximum atomic E-state index is 13.3. The summed E-state index contributed by atoms with van der Waals surface area (Å²) in [6.07, 6.45) is 0.786. The largest absolute Gasteiger partial charge is 0.323 e. The summed E-state index contributed by atoms with van der Waals surface area (Å²) in [6, 6.07) is 7.57. The number of carbonyl (C=O) groups is 2. The number of nitrogens with one attached hydrogen (secondary N) is 1. The summed E-state index contributed by atoms with van der Waals surface area (Å²) in [6.45, 7) is 2.01. The van der Waals surface area contributed by atoms with Crippen LogP contribution in [-0.4, -0.2) is 60.5 Å². The van der Waals surface area contributed by atoms with Gasteiger partial charge in [-0.2, -0.15) is 11.3 Å². The molecule has 27 heavy (non-hydrogen) atoms. The quantitative estimate of drug-likeness (QED) is 0.861. The summed E-state index contributed by atoms with van der Waals surface area (Å²) in [5.41, 5.74) is 1.09. The lowest BCUT2D eigenvalue weighted by molar-refractivity contribution is -0.123. The Bertz CT molecular complexity index is 859. The maximum absolute atomic E-state index is 13.3. The molecule has 0 saturated carbocycles. The average Bonchev–Trinajstić information content (AvgIpc) is 3.29. The Morgan fingerprint density at radius 2 is 2.15 bits per heavy atom. The van der Waals surface area contributed by atoms with Crippen LogP contribution in [0.4, 0.5) is 20.6 Å².